The molecule has 140 valence electrons. The van der Waals surface area contributed by atoms with Crippen molar-refractivity contribution < 1.29 is 24.2 Å². The van der Waals surface area contributed by atoms with E-state index in [1.165, 1.54) is 12.3 Å². The Morgan fingerprint density at radius 1 is 1.16 bits per heavy atom. The maximum absolute atomic E-state index is 12.1. The zero-order valence-electron chi connectivity index (χ0n) is 15.5. The number of nitrogens with two attached hydrogens (primary N) is 1. The van der Waals surface area contributed by atoms with E-state index in [-0.39, 0.29) is 11.4 Å². The first kappa shape index (κ1) is 20.9. The number of carbonyl (C=O) groups is 2. The summed E-state index contributed by atoms with van der Waals surface area (Å²) in [5.41, 5.74) is 4.57. The molecule has 0 aliphatic heterocycles. The van der Waals surface area contributed by atoms with Crippen LogP contribution in [0.3, 0.4) is 0 Å². The van der Waals surface area contributed by atoms with Gasteiger partial charge in [-0.3, -0.25) is 10.1 Å². The van der Waals surface area contributed by atoms with Gasteiger partial charge in [0.05, 0.1) is 0 Å². The number of amides is 1. The highest BCUT2D eigenvalue weighted by atomic mass is 16.6. The lowest BCUT2D eigenvalue weighted by Crippen LogP contribution is -2.41. The van der Waals surface area contributed by atoms with Crippen LogP contribution in [-0.2, 0) is 14.3 Å². The fraction of sp³-hybridized carbons (Fsp3) is 0.588. The number of nitrogens with one attached hydrogen (secondary N) is 1. The lowest BCUT2D eigenvalue weighted by atomic mass is 10.0. The van der Waals surface area contributed by atoms with Crippen molar-refractivity contribution in [2.75, 3.05) is 5.32 Å². The largest absolute Gasteiger partial charge is 0.459 e. The van der Waals surface area contributed by atoms with Gasteiger partial charge in [-0.15, -0.1) is 0 Å². The fourth-order valence-corrected chi connectivity index (χ4v) is 1.85. The van der Waals surface area contributed by atoms with E-state index in [1.54, 1.807) is 47.6 Å². The number of aliphatic hydroxyl groups is 1. The highest BCUT2D eigenvalue weighted by molar-refractivity contribution is 5.85. The van der Waals surface area contributed by atoms with Crippen molar-refractivity contribution in [3.05, 3.63) is 23.9 Å². The van der Waals surface area contributed by atoms with Gasteiger partial charge < -0.3 is 20.3 Å². The van der Waals surface area contributed by atoms with Crippen LogP contribution < -0.4 is 11.1 Å². The van der Waals surface area contributed by atoms with Gasteiger partial charge in [0, 0.05) is 11.8 Å². The van der Waals surface area contributed by atoms with Crippen molar-refractivity contribution in [3.63, 3.8) is 0 Å². The van der Waals surface area contributed by atoms with Crippen LogP contribution in [0.15, 0.2) is 18.3 Å². The predicted octanol–water partition coefficient (Wildman–Crippen LogP) is 2.13. The van der Waals surface area contributed by atoms with Crippen LogP contribution in [0.4, 0.5) is 10.6 Å². The van der Waals surface area contributed by atoms with E-state index in [0.29, 0.717) is 0 Å². The number of hydrogen-bond acceptors (Lipinski definition) is 7. The van der Waals surface area contributed by atoms with Crippen LogP contribution in [0.5, 0.6) is 0 Å². The summed E-state index contributed by atoms with van der Waals surface area (Å²) in [5.74, 6) is -0.699. The molecule has 0 aromatic carbocycles. The van der Waals surface area contributed by atoms with Crippen LogP contribution in [0.25, 0.3) is 0 Å². The number of aliphatic hydroxyl groups excluding tert-OH is 1. The Balaban J connectivity index is 2.94. The molecule has 1 aromatic rings. The van der Waals surface area contributed by atoms with Crippen LogP contribution in [0, 0.1) is 0 Å². The third-order valence-electron chi connectivity index (χ3n) is 2.80. The molecule has 0 saturated carbocycles. The van der Waals surface area contributed by atoms with E-state index in [1.807, 2.05) is 0 Å². The number of ether oxygens (including phenoxy) is 2. The molecule has 0 fully saturated rings. The number of hydrogen-bond donors (Lipinski definition) is 3. The lowest BCUT2D eigenvalue weighted by molar-refractivity contribution is -0.159. The third-order valence-corrected chi connectivity index (χ3v) is 2.80. The molecule has 0 bridgehead atoms. The summed E-state index contributed by atoms with van der Waals surface area (Å²) in [6, 6.07) is 1.73. The molecule has 25 heavy (non-hydrogen) atoms. The predicted molar refractivity (Wildman–Crippen MR) is 92.9 cm³/mol. The number of aromatic nitrogens is 1. The Morgan fingerprint density at radius 2 is 1.72 bits per heavy atom. The molecule has 8 heteroatoms. The Hall–Kier alpha value is -2.19. The Morgan fingerprint density at radius 3 is 2.24 bits per heavy atom. The molecule has 0 spiro atoms. The average Bonchev–Trinajstić information content (AvgIpc) is 2.42. The standard InChI is InChI=1S/C17H27N3O5/c1-16(2,3)24-14(22)11(18)12(21)10-8-7-9-19-13(10)20-15(23)25-17(4,5)6/h7-9,11-12,21H,18H2,1-6H3,(H,19,20,23)/t11-,12-/m1/s1. The minimum Gasteiger partial charge on any atom is -0.459 e. The average molecular weight is 353 g/mol. The van der Waals surface area contributed by atoms with Gasteiger partial charge in [-0.05, 0) is 47.6 Å². The normalized spacial score (nSPS) is 14.4. The summed E-state index contributed by atoms with van der Waals surface area (Å²) < 4.78 is 10.3. The van der Waals surface area contributed by atoms with Gasteiger partial charge in [-0.25, -0.2) is 9.78 Å². The van der Waals surface area contributed by atoms with Crippen molar-refractivity contribution in [2.45, 2.75) is 64.9 Å². The first-order chi connectivity index (χ1) is 11.3. The van der Waals surface area contributed by atoms with E-state index >= 15 is 0 Å². The van der Waals surface area contributed by atoms with Gasteiger partial charge in [-0.1, -0.05) is 6.07 Å². The van der Waals surface area contributed by atoms with E-state index in [0.717, 1.165) is 0 Å². The highest BCUT2D eigenvalue weighted by Gasteiger charge is 2.31. The van der Waals surface area contributed by atoms with E-state index in [9.17, 15) is 14.7 Å². The monoisotopic (exact) mass is 353 g/mol. The van der Waals surface area contributed by atoms with Gasteiger partial charge >= 0.3 is 12.1 Å². The second-order valence-corrected chi connectivity index (χ2v) is 7.57. The molecule has 1 rings (SSSR count). The molecular weight excluding hydrogens is 326 g/mol. The summed E-state index contributed by atoms with van der Waals surface area (Å²) in [6.07, 6.45) is -0.707. The molecule has 1 heterocycles. The van der Waals surface area contributed by atoms with Crippen molar-refractivity contribution >= 4 is 17.9 Å². The van der Waals surface area contributed by atoms with E-state index < -0.39 is 35.4 Å². The first-order valence-corrected chi connectivity index (χ1v) is 7.91. The molecule has 0 aliphatic carbocycles. The number of carbonyl (C=O) groups excluding carboxylic acids is 2. The second kappa shape index (κ2) is 7.79. The molecule has 1 aromatic heterocycles. The first-order valence-electron chi connectivity index (χ1n) is 7.91. The van der Waals surface area contributed by atoms with Crippen LogP contribution in [0.2, 0.25) is 0 Å². The molecule has 0 radical (unpaired) electrons. The van der Waals surface area contributed by atoms with Gasteiger partial charge in [0.1, 0.15) is 29.2 Å². The van der Waals surface area contributed by atoms with Crippen molar-refractivity contribution in [1.29, 1.82) is 0 Å². The molecule has 8 nitrogen and oxygen atoms in total. The zero-order chi connectivity index (χ0) is 19.4. The molecule has 2 atom stereocenters. The summed E-state index contributed by atoms with van der Waals surface area (Å²) in [7, 11) is 0. The summed E-state index contributed by atoms with van der Waals surface area (Å²) >= 11 is 0. The number of rotatable bonds is 4. The van der Waals surface area contributed by atoms with E-state index in [4.69, 9.17) is 15.2 Å². The Bertz CT molecular complexity index is 619. The molecule has 0 saturated heterocycles. The summed E-state index contributed by atoms with van der Waals surface area (Å²) in [6.45, 7) is 10.3. The molecule has 0 aliphatic rings. The Kier molecular flexibility index (Phi) is 6.50. The lowest BCUT2D eigenvalue weighted by Gasteiger charge is -2.25. The SMILES string of the molecule is CC(C)(C)OC(=O)Nc1ncccc1[C@@H](O)[C@@H](N)C(=O)OC(C)(C)C. The van der Waals surface area contributed by atoms with Crippen molar-refractivity contribution in [3.8, 4) is 0 Å². The third kappa shape index (κ3) is 7.06. The topological polar surface area (TPSA) is 124 Å². The molecule has 1 amide bonds. The minimum absolute atomic E-state index is 0.0586. The zero-order valence-corrected chi connectivity index (χ0v) is 15.5. The second-order valence-electron chi connectivity index (χ2n) is 7.57. The number of esters is 1. The highest BCUT2D eigenvalue weighted by Crippen LogP contribution is 2.24. The van der Waals surface area contributed by atoms with Crippen LogP contribution >= 0.6 is 0 Å². The van der Waals surface area contributed by atoms with Crippen molar-refractivity contribution in [2.24, 2.45) is 5.73 Å². The maximum Gasteiger partial charge on any atom is 0.413 e. The number of nitrogens with zero attached hydrogens (tertiary/aromatic N) is 1. The fourth-order valence-electron chi connectivity index (χ4n) is 1.85. The molecule has 0 unspecified atom stereocenters. The van der Waals surface area contributed by atoms with Gasteiger partial charge in [0.2, 0.25) is 0 Å². The molecular formula is C17H27N3O5. The summed E-state index contributed by atoms with van der Waals surface area (Å²) in [5, 5.41) is 12.9. The minimum atomic E-state index is -1.41. The van der Waals surface area contributed by atoms with Crippen LogP contribution in [0.1, 0.15) is 53.2 Å². The van der Waals surface area contributed by atoms with Crippen LogP contribution in [-0.4, -0.2) is 39.4 Å². The van der Waals surface area contributed by atoms with E-state index in [2.05, 4.69) is 10.3 Å². The van der Waals surface area contributed by atoms with Gasteiger partial charge in [0.25, 0.3) is 0 Å². The maximum atomic E-state index is 12.1. The van der Waals surface area contributed by atoms with Gasteiger partial charge in [-0.2, -0.15) is 0 Å². The van der Waals surface area contributed by atoms with Gasteiger partial charge in [0.15, 0.2) is 0 Å². The summed E-state index contributed by atoms with van der Waals surface area (Å²) in [4.78, 5) is 28.0. The Labute approximate surface area is 147 Å². The quantitative estimate of drug-likeness (QED) is 0.708. The number of anilines is 1. The molecule has 4 N–H and O–H groups in total. The van der Waals surface area contributed by atoms with Crippen molar-refractivity contribution in [1.82, 2.24) is 4.98 Å². The number of pyridine rings is 1. The smallest absolute Gasteiger partial charge is 0.413 e.